The van der Waals surface area contributed by atoms with Crippen LogP contribution in [0, 0.1) is 5.41 Å². The Labute approximate surface area is 175 Å². The second-order valence-electron chi connectivity index (χ2n) is 8.82. The molecule has 172 valence electrons. The van der Waals surface area contributed by atoms with Crippen LogP contribution in [-0.4, -0.2) is 77.6 Å². The van der Waals surface area contributed by atoms with Gasteiger partial charge in [0.15, 0.2) is 0 Å². The van der Waals surface area contributed by atoms with E-state index in [9.17, 15) is 27.6 Å². The van der Waals surface area contributed by atoms with Gasteiger partial charge in [0.1, 0.15) is 6.04 Å². The molecular formula is C20H32F3N3O4. The summed E-state index contributed by atoms with van der Waals surface area (Å²) in [6, 6.07) is -1.92. The highest BCUT2D eigenvalue weighted by Crippen LogP contribution is 2.26. The molecule has 0 radical (unpaired) electrons. The minimum atomic E-state index is -4.41. The molecule has 2 atom stereocenters. The van der Waals surface area contributed by atoms with E-state index < -0.39 is 48.0 Å². The van der Waals surface area contributed by atoms with Crippen molar-refractivity contribution < 1.29 is 32.7 Å². The zero-order chi connectivity index (χ0) is 23.3. The van der Waals surface area contributed by atoms with Gasteiger partial charge in [-0.1, -0.05) is 33.3 Å². The Morgan fingerprint density at radius 1 is 1.23 bits per heavy atom. The topological polar surface area (TPSA) is 90.0 Å². The van der Waals surface area contributed by atoms with Crippen molar-refractivity contribution in [3.8, 4) is 0 Å². The van der Waals surface area contributed by atoms with Crippen LogP contribution in [0.1, 0.15) is 47.0 Å². The SMILES string of the molecule is C/C(=C\CN(C)C(=O)C(NC(=O)C1CCCCN1CC(F)(F)F)C(C)(C)C)C(=O)O. The third-order valence-corrected chi connectivity index (χ3v) is 5.08. The van der Waals surface area contributed by atoms with Gasteiger partial charge in [-0.3, -0.25) is 14.5 Å². The van der Waals surface area contributed by atoms with Crippen molar-refractivity contribution in [2.45, 2.75) is 65.2 Å². The number of hydrogen-bond donors (Lipinski definition) is 2. The van der Waals surface area contributed by atoms with E-state index in [1.807, 2.05) is 0 Å². The van der Waals surface area contributed by atoms with E-state index in [1.165, 1.54) is 24.9 Å². The number of aliphatic carboxylic acids is 1. The molecule has 0 spiro atoms. The first-order valence-corrected chi connectivity index (χ1v) is 9.89. The van der Waals surface area contributed by atoms with Crippen molar-refractivity contribution in [1.29, 1.82) is 0 Å². The van der Waals surface area contributed by atoms with Crippen LogP contribution in [-0.2, 0) is 14.4 Å². The Kier molecular flexibility index (Phi) is 8.89. The maximum atomic E-state index is 12.9. The van der Waals surface area contributed by atoms with Gasteiger partial charge < -0.3 is 15.3 Å². The molecular weight excluding hydrogens is 403 g/mol. The molecule has 30 heavy (non-hydrogen) atoms. The van der Waals surface area contributed by atoms with Crippen molar-refractivity contribution in [1.82, 2.24) is 15.1 Å². The maximum Gasteiger partial charge on any atom is 0.401 e. The Morgan fingerprint density at radius 3 is 2.33 bits per heavy atom. The molecule has 1 rings (SSSR count). The van der Waals surface area contributed by atoms with Gasteiger partial charge in [-0.2, -0.15) is 13.2 Å². The molecule has 10 heteroatoms. The average Bonchev–Trinajstić information content (AvgIpc) is 2.61. The van der Waals surface area contributed by atoms with Gasteiger partial charge in [0.25, 0.3) is 0 Å². The number of alkyl halides is 3. The molecule has 0 saturated carbocycles. The van der Waals surface area contributed by atoms with Crippen molar-refractivity contribution in [3.63, 3.8) is 0 Å². The number of carboxylic acids is 1. The van der Waals surface area contributed by atoms with E-state index in [2.05, 4.69) is 5.32 Å². The number of rotatable bonds is 7. The van der Waals surface area contributed by atoms with Gasteiger partial charge in [-0.05, 0) is 31.7 Å². The summed E-state index contributed by atoms with van der Waals surface area (Å²) in [6.45, 7) is 5.68. The highest BCUT2D eigenvalue weighted by atomic mass is 19.4. The molecule has 1 heterocycles. The van der Waals surface area contributed by atoms with E-state index >= 15 is 0 Å². The van der Waals surface area contributed by atoms with Gasteiger partial charge in [0.05, 0.1) is 12.6 Å². The standard InChI is InChI=1S/C20H32F3N3O4/c1-13(18(29)30)9-11-25(5)17(28)15(19(2,3)4)24-16(27)14-8-6-7-10-26(14)12-20(21,22)23/h9,14-15H,6-8,10-12H2,1-5H3,(H,24,27)(H,29,30)/b13-9+. The molecule has 0 aromatic rings. The Morgan fingerprint density at radius 2 is 1.83 bits per heavy atom. The van der Waals surface area contributed by atoms with E-state index in [-0.39, 0.29) is 18.7 Å². The molecule has 1 aliphatic heterocycles. The van der Waals surface area contributed by atoms with E-state index in [4.69, 9.17) is 5.11 Å². The molecule has 0 aromatic carbocycles. The van der Waals surface area contributed by atoms with Crippen LogP contribution in [0.25, 0.3) is 0 Å². The first-order chi connectivity index (χ1) is 13.6. The van der Waals surface area contributed by atoms with Gasteiger partial charge in [0, 0.05) is 19.2 Å². The first kappa shape index (κ1) is 25.9. The lowest BCUT2D eigenvalue weighted by Crippen LogP contribution is -2.59. The van der Waals surface area contributed by atoms with Gasteiger partial charge in [-0.25, -0.2) is 4.79 Å². The summed E-state index contributed by atoms with van der Waals surface area (Å²) < 4.78 is 38.7. The van der Waals surface area contributed by atoms with Crippen molar-refractivity contribution in [2.75, 3.05) is 26.7 Å². The number of nitrogens with zero attached hydrogens (tertiary/aromatic N) is 2. The molecule has 1 fully saturated rings. The number of carboxylic acid groups (broad SMARTS) is 1. The summed E-state index contributed by atoms with van der Waals surface area (Å²) in [5, 5.41) is 11.6. The summed E-state index contributed by atoms with van der Waals surface area (Å²) in [5.74, 6) is -2.14. The third-order valence-electron chi connectivity index (χ3n) is 5.08. The zero-order valence-corrected chi connectivity index (χ0v) is 18.2. The van der Waals surface area contributed by atoms with Crippen molar-refractivity contribution >= 4 is 17.8 Å². The number of hydrogen-bond acceptors (Lipinski definition) is 4. The number of amides is 2. The van der Waals surface area contributed by atoms with E-state index in [0.717, 1.165) is 4.90 Å². The number of likely N-dealkylation sites (tertiary alicyclic amines) is 1. The van der Waals surface area contributed by atoms with Crippen LogP contribution in [0.2, 0.25) is 0 Å². The predicted octanol–water partition coefficient (Wildman–Crippen LogP) is 2.42. The summed E-state index contributed by atoms with van der Waals surface area (Å²) in [4.78, 5) is 39.1. The lowest BCUT2D eigenvalue weighted by Gasteiger charge is -2.38. The van der Waals surface area contributed by atoms with Gasteiger partial charge in [-0.15, -0.1) is 0 Å². The van der Waals surface area contributed by atoms with Gasteiger partial charge in [0.2, 0.25) is 11.8 Å². The monoisotopic (exact) mass is 435 g/mol. The summed E-state index contributed by atoms with van der Waals surface area (Å²) in [5.41, 5.74) is -0.619. The molecule has 7 nitrogen and oxygen atoms in total. The first-order valence-electron chi connectivity index (χ1n) is 9.89. The Bertz CT molecular complexity index is 671. The maximum absolute atomic E-state index is 12.9. The second-order valence-corrected chi connectivity index (χ2v) is 8.82. The molecule has 0 aromatic heterocycles. The number of halogens is 3. The fraction of sp³-hybridized carbons (Fsp3) is 0.750. The second kappa shape index (κ2) is 10.3. The number of nitrogens with one attached hydrogen (secondary N) is 1. The highest BCUT2D eigenvalue weighted by Gasteiger charge is 2.40. The van der Waals surface area contributed by atoms with Crippen molar-refractivity contribution in [3.05, 3.63) is 11.6 Å². The van der Waals surface area contributed by atoms with Crippen LogP contribution < -0.4 is 5.32 Å². The van der Waals surface area contributed by atoms with E-state index in [0.29, 0.717) is 19.3 Å². The third kappa shape index (κ3) is 7.97. The molecule has 0 bridgehead atoms. The van der Waals surface area contributed by atoms with Crippen molar-refractivity contribution in [2.24, 2.45) is 5.41 Å². The largest absolute Gasteiger partial charge is 0.478 e. The quantitative estimate of drug-likeness (QED) is 0.600. The normalized spacial score (nSPS) is 19.9. The predicted molar refractivity (Wildman–Crippen MR) is 106 cm³/mol. The lowest BCUT2D eigenvalue weighted by atomic mass is 9.85. The number of carbonyl (C=O) groups is 3. The van der Waals surface area contributed by atoms with Crippen LogP contribution in [0.15, 0.2) is 11.6 Å². The smallest absolute Gasteiger partial charge is 0.401 e. The summed E-state index contributed by atoms with van der Waals surface area (Å²) >= 11 is 0. The highest BCUT2D eigenvalue weighted by molar-refractivity contribution is 5.90. The summed E-state index contributed by atoms with van der Waals surface area (Å²) in [7, 11) is 1.48. The summed E-state index contributed by atoms with van der Waals surface area (Å²) in [6.07, 6.45) is -1.51. The molecule has 2 N–H and O–H groups in total. The van der Waals surface area contributed by atoms with Crippen LogP contribution in [0.5, 0.6) is 0 Å². The number of likely N-dealkylation sites (N-methyl/N-ethyl adjacent to an activating group) is 1. The minimum Gasteiger partial charge on any atom is -0.478 e. The fourth-order valence-corrected chi connectivity index (χ4v) is 3.27. The average molecular weight is 435 g/mol. The molecule has 2 amide bonds. The zero-order valence-electron chi connectivity index (χ0n) is 18.2. The fourth-order valence-electron chi connectivity index (χ4n) is 3.27. The molecule has 0 aliphatic carbocycles. The van der Waals surface area contributed by atoms with E-state index in [1.54, 1.807) is 20.8 Å². The minimum absolute atomic E-state index is 0.0308. The van der Waals surface area contributed by atoms with Crippen LogP contribution in [0.4, 0.5) is 13.2 Å². The van der Waals surface area contributed by atoms with Gasteiger partial charge >= 0.3 is 12.1 Å². The Balaban J connectivity index is 2.96. The number of carbonyl (C=O) groups excluding carboxylic acids is 2. The van der Waals surface area contributed by atoms with Crippen LogP contribution in [0.3, 0.4) is 0 Å². The van der Waals surface area contributed by atoms with Crippen LogP contribution >= 0.6 is 0 Å². The Hall–Kier alpha value is -2.10. The molecule has 1 saturated heterocycles. The lowest BCUT2D eigenvalue weighted by molar-refractivity contribution is -0.159. The molecule has 1 aliphatic rings. The molecule has 2 unspecified atom stereocenters. The number of piperidine rings is 1.